The van der Waals surface area contributed by atoms with Gasteiger partial charge in [0.1, 0.15) is 0 Å². The molecule has 0 saturated heterocycles. The second-order valence-electron chi connectivity index (χ2n) is 4.44. The minimum Gasteiger partial charge on any atom is -0.377 e. The molecule has 1 rings (SSSR count). The average molecular weight is 300 g/mol. The van der Waals surface area contributed by atoms with Crippen molar-refractivity contribution in [2.24, 2.45) is 0 Å². The van der Waals surface area contributed by atoms with Gasteiger partial charge < -0.3 is 10.1 Å². The molecule has 0 radical (unpaired) electrons. The van der Waals surface area contributed by atoms with Crippen LogP contribution in [-0.4, -0.2) is 19.3 Å². The molecule has 0 fully saturated rings. The van der Waals surface area contributed by atoms with Crippen molar-refractivity contribution in [3.05, 3.63) is 34.3 Å². The standard InChI is InChI=1S/C14H22BrNO/c1-4-9-16-14(10-17-11(2)3)12-5-7-13(15)8-6-12/h5-8,11,14,16H,4,9-10H2,1-3H3. The quantitative estimate of drug-likeness (QED) is 0.824. The summed E-state index contributed by atoms with van der Waals surface area (Å²) in [6.45, 7) is 8.05. The summed E-state index contributed by atoms with van der Waals surface area (Å²) in [7, 11) is 0. The van der Waals surface area contributed by atoms with E-state index < -0.39 is 0 Å². The van der Waals surface area contributed by atoms with Gasteiger partial charge in [-0.1, -0.05) is 35.0 Å². The van der Waals surface area contributed by atoms with E-state index in [9.17, 15) is 0 Å². The predicted octanol–water partition coefficient (Wildman–Crippen LogP) is 3.91. The van der Waals surface area contributed by atoms with Crippen molar-refractivity contribution >= 4 is 15.9 Å². The van der Waals surface area contributed by atoms with Gasteiger partial charge in [0.25, 0.3) is 0 Å². The Kier molecular flexibility index (Phi) is 6.78. The molecule has 0 bridgehead atoms. The van der Waals surface area contributed by atoms with Crippen LogP contribution >= 0.6 is 15.9 Å². The van der Waals surface area contributed by atoms with E-state index >= 15 is 0 Å². The number of hydrogen-bond donors (Lipinski definition) is 1. The number of benzene rings is 1. The summed E-state index contributed by atoms with van der Waals surface area (Å²) < 4.78 is 6.82. The van der Waals surface area contributed by atoms with E-state index in [-0.39, 0.29) is 12.1 Å². The normalized spacial score (nSPS) is 13.0. The van der Waals surface area contributed by atoms with Crippen molar-refractivity contribution in [2.45, 2.75) is 39.3 Å². The largest absolute Gasteiger partial charge is 0.377 e. The molecule has 2 nitrogen and oxygen atoms in total. The molecule has 1 N–H and O–H groups in total. The van der Waals surface area contributed by atoms with E-state index in [1.54, 1.807) is 0 Å². The third-order valence-corrected chi connectivity index (χ3v) is 3.04. The molecule has 96 valence electrons. The monoisotopic (exact) mass is 299 g/mol. The molecule has 0 aromatic heterocycles. The molecular formula is C14H22BrNO. The molecule has 0 aliphatic heterocycles. The van der Waals surface area contributed by atoms with Crippen molar-refractivity contribution < 1.29 is 4.74 Å². The fraction of sp³-hybridized carbons (Fsp3) is 0.571. The Labute approximate surface area is 113 Å². The smallest absolute Gasteiger partial charge is 0.0664 e. The molecule has 1 atom stereocenters. The van der Waals surface area contributed by atoms with Crippen molar-refractivity contribution in [3.8, 4) is 0 Å². The molecule has 3 heteroatoms. The van der Waals surface area contributed by atoms with Crippen LogP contribution in [0.2, 0.25) is 0 Å². The lowest BCUT2D eigenvalue weighted by atomic mass is 10.1. The van der Waals surface area contributed by atoms with Gasteiger partial charge in [0.15, 0.2) is 0 Å². The maximum atomic E-state index is 5.71. The second kappa shape index (κ2) is 7.85. The Morgan fingerprint density at radius 3 is 2.41 bits per heavy atom. The van der Waals surface area contributed by atoms with Crippen molar-refractivity contribution in [3.63, 3.8) is 0 Å². The predicted molar refractivity (Wildman–Crippen MR) is 76.3 cm³/mol. The maximum Gasteiger partial charge on any atom is 0.0664 e. The first-order chi connectivity index (χ1) is 8.13. The molecule has 1 aromatic carbocycles. The molecule has 0 amide bonds. The van der Waals surface area contributed by atoms with Gasteiger partial charge in [-0.2, -0.15) is 0 Å². The SMILES string of the molecule is CCCNC(COC(C)C)c1ccc(Br)cc1. The molecule has 0 aliphatic rings. The van der Waals surface area contributed by atoms with Crippen molar-refractivity contribution in [1.82, 2.24) is 5.32 Å². The summed E-state index contributed by atoms with van der Waals surface area (Å²) in [6, 6.07) is 8.71. The summed E-state index contributed by atoms with van der Waals surface area (Å²) in [5, 5.41) is 3.52. The average Bonchev–Trinajstić information content (AvgIpc) is 2.30. The number of halogens is 1. The minimum atomic E-state index is 0.274. The van der Waals surface area contributed by atoms with E-state index in [2.05, 4.69) is 66.3 Å². The van der Waals surface area contributed by atoms with Gasteiger partial charge in [-0.3, -0.25) is 0 Å². The van der Waals surface area contributed by atoms with Crippen LogP contribution in [0.3, 0.4) is 0 Å². The van der Waals surface area contributed by atoms with E-state index in [1.165, 1.54) is 5.56 Å². The Morgan fingerprint density at radius 2 is 1.88 bits per heavy atom. The summed E-state index contributed by atoms with van der Waals surface area (Å²) in [4.78, 5) is 0. The lowest BCUT2D eigenvalue weighted by Gasteiger charge is -2.20. The van der Waals surface area contributed by atoms with Crippen LogP contribution < -0.4 is 5.32 Å². The van der Waals surface area contributed by atoms with Crippen LogP contribution in [0.1, 0.15) is 38.8 Å². The Morgan fingerprint density at radius 1 is 1.24 bits per heavy atom. The van der Waals surface area contributed by atoms with Gasteiger partial charge in [-0.05, 0) is 44.5 Å². The van der Waals surface area contributed by atoms with E-state index in [0.29, 0.717) is 0 Å². The molecule has 17 heavy (non-hydrogen) atoms. The van der Waals surface area contributed by atoms with Gasteiger partial charge >= 0.3 is 0 Å². The highest BCUT2D eigenvalue weighted by Crippen LogP contribution is 2.17. The van der Waals surface area contributed by atoms with Crippen LogP contribution in [-0.2, 0) is 4.74 Å². The minimum absolute atomic E-state index is 0.274. The Bertz CT molecular complexity index is 311. The molecule has 0 saturated carbocycles. The first-order valence-corrected chi connectivity index (χ1v) is 7.03. The Hall–Kier alpha value is -0.380. The first-order valence-electron chi connectivity index (χ1n) is 6.24. The van der Waals surface area contributed by atoms with Gasteiger partial charge in [-0.15, -0.1) is 0 Å². The zero-order valence-electron chi connectivity index (χ0n) is 10.9. The molecular weight excluding hydrogens is 278 g/mol. The van der Waals surface area contributed by atoms with Crippen molar-refractivity contribution in [2.75, 3.05) is 13.2 Å². The van der Waals surface area contributed by atoms with Gasteiger partial charge in [-0.25, -0.2) is 0 Å². The lowest BCUT2D eigenvalue weighted by Crippen LogP contribution is -2.27. The van der Waals surface area contributed by atoms with Crippen LogP contribution in [0.4, 0.5) is 0 Å². The summed E-state index contributed by atoms with van der Waals surface area (Å²) in [5.41, 5.74) is 1.28. The highest BCUT2D eigenvalue weighted by atomic mass is 79.9. The van der Waals surface area contributed by atoms with Crippen LogP contribution in [0.5, 0.6) is 0 Å². The Balaban J connectivity index is 2.63. The second-order valence-corrected chi connectivity index (χ2v) is 5.36. The molecule has 1 unspecified atom stereocenters. The third kappa shape index (κ3) is 5.66. The van der Waals surface area contributed by atoms with E-state index in [1.807, 2.05) is 0 Å². The number of nitrogens with one attached hydrogen (secondary N) is 1. The highest BCUT2D eigenvalue weighted by Gasteiger charge is 2.11. The fourth-order valence-corrected chi connectivity index (χ4v) is 1.84. The number of ether oxygens (including phenoxy) is 1. The maximum absolute atomic E-state index is 5.71. The topological polar surface area (TPSA) is 21.3 Å². The summed E-state index contributed by atoms with van der Waals surface area (Å²) >= 11 is 3.46. The molecule has 0 spiro atoms. The van der Waals surface area contributed by atoms with E-state index in [0.717, 1.165) is 24.0 Å². The fourth-order valence-electron chi connectivity index (χ4n) is 1.58. The van der Waals surface area contributed by atoms with Gasteiger partial charge in [0.2, 0.25) is 0 Å². The van der Waals surface area contributed by atoms with Crippen LogP contribution in [0.15, 0.2) is 28.7 Å². The molecule has 0 heterocycles. The molecule has 1 aromatic rings. The third-order valence-electron chi connectivity index (χ3n) is 2.51. The highest BCUT2D eigenvalue weighted by molar-refractivity contribution is 9.10. The van der Waals surface area contributed by atoms with E-state index in [4.69, 9.17) is 4.74 Å². The first kappa shape index (κ1) is 14.7. The molecule has 0 aliphatic carbocycles. The van der Waals surface area contributed by atoms with Gasteiger partial charge in [0, 0.05) is 4.47 Å². The zero-order valence-corrected chi connectivity index (χ0v) is 12.5. The van der Waals surface area contributed by atoms with Crippen LogP contribution in [0.25, 0.3) is 0 Å². The lowest BCUT2D eigenvalue weighted by molar-refractivity contribution is 0.0611. The number of rotatable bonds is 7. The van der Waals surface area contributed by atoms with Crippen molar-refractivity contribution in [1.29, 1.82) is 0 Å². The number of hydrogen-bond acceptors (Lipinski definition) is 2. The summed E-state index contributed by atoms with van der Waals surface area (Å²) in [5.74, 6) is 0. The summed E-state index contributed by atoms with van der Waals surface area (Å²) in [6.07, 6.45) is 1.41. The zero-order chi connectivity index (χ0) is 12.7. The van der Waals surface area contributed by atoms with Crippen LogP contribution in [0, 0.1) is 0 Å². The van der Waals surface area contributed by atoms with Gasteiger partial charge in [0.05, 0.1) is 18.8 Å².